The van der Waals surface area contributed by atoms with Crippen LogP contribution in [0.4, 0.5) is 0 Å². The average Bonchev–Trinajstić information content (AvgIpc) is 2.28. The van der Waals surface area contributed by atoms with Gasteiger partial charge in [-0.1, -0.05) is 29.3 Å². The van der Waals surface area contributed by atoms with Crippen molar-refractivity contribution in [2.75, 3.05) is 11.5 Å². The number of rotatable bonds is 2. The molecule has 0 atom stereocenters. The van der Waals surface area contributed by atoms with Crippen LogP contribution in [0.3, 0.4) is 0 Å². The summed E-state index contributed by atoms with van der Waals surface area (Å²) in [4.78, 5) is 24.3. The van der Waals surface area contributed by atoms with Gasteiger partial charge in [0.05, 0.1) is 16.6 Å². The zero-order valence-corrected chi connectivity index (χ0v) is 11.5. The fraction of sp³-hybridized carbons (Fsp3) is 0.273. The van der Waals surface area contributed by atoms with E-state index in [4.69, 9.17) is 23.2 Å². The van der Waals surface area contributed by atoms with Crippen molar-refractivity contribution in [1.29, 1.82) is 0 Å². The molecule has 18 heavy (non-hydrogen) atoms. The number of amides is 2. The highest BCUT2D eigenvalue weighted by molar-refractivity contribution is 7.86. The summed E-state index contributed by atoms with van der Waals surface area (Å²) < 4.78 is 11.2. The van der Waals surface area contributed by atoms with Gasteiger partial charge in [-0.3, -0.25) is 18.7 Å². The highest BCUT2D eigenvalue weighted by Crippen LogP contribution is 2.23. The monoisotopic (exact) mass is 305 g/mol. The van der Waals surface area contributed by atoms with Crippen LogP contribution in [0, 0.1) is 0 Å². The number of carbonyl (C=O) groups is 2. The third-order valence-corrected chi connectivity index (χ3v) is 4.37. The molecule has 0 unspecified atom stereocenters. The number of halogens is 2. The van der Waals surface area contributed by atoms with Gasteiger partial charge in [-0.25, -0.2) is 0 Å². The molecule has 1 aliphatic heterocycles. The smallest absolute Gasteiger partial charge is 0.242 e. The first-order valence-electron chi connectivity index (χ1n) is 5.09. The Hall–Kier alpha value is -0.910. The van der Waals surface area contributed by atoms with Crippen LogP contribution in [0.2, 0.25) is 10.0 Å². The van der Waals surface area contributed by atoms with Crippen LogP contribution in [0.15, 0.2) is 18.2 Å². The lowest BCUT2D eigenvalue weighted by Gasteiger charge is -2.24. The van der Waals surface area contributed by atoms with E-state index in [1.807, 2.05) is 0 Å². The van der Waals surface area contributed by atoms with Gasteiger partial charge in [-0.2, -0.15) is 0 Å². The Labute approximate surface area is 116 Å². The highest BCUT2D eigenvalue weighted by atomic mass is 35.5. The molecule has 0 saturated carbocycles. The summed E-state index contributed by atoms with van der Waals surface area (Å²) in [5.74, 6) is -1.05. The first kappa shape index (κ1) is 13.5. The fourth-order valence-corrected chi connectivity index (χ4v) is 2.90. The SMILES string of the molecule is O=C1CS(=O)CC(=O)N1Cc1ccc(Cl)c(Cl)c1. The van der Waals surface area contributed by atoms with Crippen LogP contribution in [-0.4, -0.2) is 32.4 Å². The fourth-order valence-electron chi connectivity index (χ4n) is 1.62. The van der Waals surface area contributed by atoms with E-state index in [9.17, 15) is 13.8 Å². The standard InChI is InChI=1S/C11H9Cl2NO3S/c12-8-2-1-7(3-9(8)13)4-14-10(15)5-18(17)6-11(14)16/h1-3H,4-6H2. The molecule has 1 aromatic carbocycles. The maximum absolute atomic E-state index is 11.6. The van der Waals surface area contributed by atoms with Crippen LogP contribution in [0.5, 0.6) is 0 Å². The maximum Gasteiger partial charge on any atom is 0.242 e. The molecule has 0 aromatic heterocycles. The predicted molar refractivity (Wildman–Crippen MR) is 69.9 cm³/mol. The molecule has 2 rings (SSSR count). The Morgan fingerprint density at radius 2 is 1.72 bits per heavy atom. The van der Waals surface area contributed by atoms with Crippen LogP contribution >= 0.6 is 23.2 Å². The van der Waals surface area contributed by atoms with Crippen molar-refractivity contribution in [3.63, 3.8) is 0 Å². The second-order valence-electron chi connectivity index (χ2n) is 3.85. The zero-order valence-electron chi connectivity index (χ0n) is 9.19. The van der Waals surface area contributed by atoms with Crippen molar-refractivity contribution in [2.45, 2.75) is 6.54 Å². The molecule has 2 amide bonds. The molecule has 1 aliphatic rings. The quantitative estimate of drug-likeness (QED) is 0.780. The molecular weight excluding hydrogens is 297 g/mol. The van der Waals surface area contributed by atoms with E-state index in [0.29, 0.717) is 15.6 Å². The third-order valence-electron chi connectivity index (χ3n) is 2.50. The molecule has 0 N–H and O–H groups in total. The summed E-state index contributed by atoms with van der Waals surface area (Å²) in [6.45, 7) is 0.131. The summed E-state index contributed by atoms with van der Waals surface area (Å²) in [7, 11) is -1.38. The minimum atomic E-state index is -1.38. The molecule has 1 aromatic rings. The van der Waals surface area contributed by atoms with Gasteiger partial charge in [0.25, 0.3) is 0 Å². The van der Waals surface area contributed by atoms with Crippen molar-refractivity contribution in [3.05, 3.63) is 33.8 Å². The van der Waals surface area contributed by atoms with Crippen molar-refractivity contribution >= 4 is 45.8 Å². The van der Waals surface area contributed by atoms with E-state index in [1.54, 1.807) is 18.2 Å². The van der Waals surface area contributed by atoms with E-state index >= 15 is 0 Å². The van der Waals surface area contributed by atoms with Crippen LogP contribution < -0.4 is 0 Å². The van der Waals surface area contributed by atoms with Gasteiger partial charge in [0, 0.05) is 10.8 Å². The van der Waals surface area contributed by atoms with Gasteiger partial charge >= 0.3 is 0 Å². The van der Waals surface area contributed by atoms with Gasteiger partial charge in [-0.15, -0.1) is 0 Å². The molecule has 0 spiro atoms. The maximum atomic E-state index is 11.6. The summed E-state index contributed by atoms with van der Waals surface area (Å²) in [6, 6.07) is 4.91. The number of carbonyl (C=O) groups excluding carboxylic acids is 2. The van der Waals surface area contributed by atoms with Crippen molar-refractivity contribution in [3.8, 4) is 0 Å². The van der Waals surface area contributed by atoms with E-state index in [2.05, 4.69) is 0 Å². The Morgan fingerprint density at radius 1 is 1.11 bits per heavy atom. The Morgan fingerprint density at radius 3 is 2.28 bits per heavy atom. The minimum absolute atomic E-state index is 0.104. The van der Waals surface area contributed by atoms with Gasteiger partial charge in [-0.05, 0) is 17.7 Å². The van der Waals surface area contributed by atoms with Crippen molar-refractivity contribution in [1.82, 2.24) is 4.90 Å². The number of benzene rings is 1. The van der Waals surface area contributed by atoms with E-state index < -0.39 is 22.6 Å². The lowest BCUT2D eigenvalue weighted by molar-refractivity contribution is -0.143. The Balaban J connectivity index is 2.17. The summed E-state index contributed by atoms with van der Waals surface area (Å²) in [6.07, 6.45) is 0. The first-order valence-corrected chi connectivity index (χ1v) is 7.34. The summed E-state index contributed by atoms with van der Waals surface area (Å²) >= 11 is 11.6. The molecule has 1 saturated heterocycles. The van der Waals surface area contributed by atoms with Crippen LogP contribution in [0.25, 0.3) is 0 Å². The number of nitrogens with zero attached hydrogens (tertiary/aromatic N) is 1. The van der Waals surface area contributed by atoms with E-state index in [-0.39, 0.29) is 18.1 Å². The highest BCUT2D eigenvalue weighted by Gasteiger charge is 2.30. The van der Waals surface area contributed by atoms with Crippen LogP contribution in [0.1, 0.15) is 5.56 Å². The zero-order chi connectivity index (χ0) is 13.3. The van der Waals surface area contributed by atoms with Gasteiger partial charge in [0.1, 0.15) is 11.5 Å². The van der Waals surface area contributed by atoms with Gasteiger partial charge in [0.15, 0.2) is 0 Å². The molecule has 4 nitrogen and oxygen atoms in total. The molecule has 0 aliphatic carbocycles. The molecule has 96 valence electrons. The summed E-state index contributed by atoms with van der Waals surface area (Å²) in [5, 5.41) is 0.785. The normalized spacial score (nSPS) is 17.3. The van der Waals surface area contributed by atoms with Gasteiger partial charge in [0.2, 0.25) is 11.8 Å². The lowest BCUT2D eigenvalue weighted by atomic mass is 10.2. The molecule has 1 heterocycles. The van der Waals surface area contributed by atoms with Crippen molar-refractivity contribution in [2.24, 2.45) is 0 Å². The van der Waals surface area contributed by atoms with Gasteiger partial charge < -0.3 is 0 Å². The second kappa shape index (κ2) is 5.38. The molecule has 0 radical (unpaired) electrons. The largest absolute Gasteiger partial charge is 0.277 e. The molecule has 0 bridgehead atoms. The average molecular weight is 306 g/mol. The second-order valence-corrected chi connectivity index (χ2v) is 6.12. The first-order chi connectivity index (χ1) is 8.47. The predicted octanol–water partition coefficient (Wildman–Crippen LogP) is 1.61. The lowest BCUT2D eigenvalue weighted by Crippen LogP contribution is -2.46. The third kappa shape index (κ3) is 2.91. The molecule has 1 fully saturated rings. The topological polar surface area (TPSA) is 54.5 Å². The summed E-state index contributed by atoms with van der Waals surface area (Å²) in [5.41, 5.74) is 0.707. The molecular formula is C11H9Cl2NO3S. The number of hydrogen-bond donors (Lipinski definition) is 0. The van der Waals surface area contributed by atoms with Crippen LogP contribution in [-0.2, 0) is 26.9 Å². The Kier molecular flexibility index (Phi) is 4.04. The number of imide groups is 1. The van der Waals surface area contributed by atoms with Crippen molar-refractivity contribution < 1.29 is 13.8 Å². The molecule has 7 heteroatoms. The van der Waals surface area contributed by atoms with E-state index in [1.165, 1.54) is 0 Å². The minimum Gasteiger partial charge on any atom is -0.277 e. The number of hydrogen-bond acceptors (Lipinski definition) is 3. The Bertz CT molecular complexity index is 527. The van der Waals surface area contributed by atoms with E-state index in [0.717, 1.165) is 4.90 Å².